The Labute approximate surface area is 109 Å². The van der Waals surface area contributed by atoms with Gasteiger partial charge in [-0.15, -0.1) is 0 Å². The molecule has 5 heteroatoms. The number of aromatic amines is 2. The predicted molar refractivity (Wildman–Crippen MR) is 71.2 cm³/mol. The fourth-order valence-corrected chi connectivity index (χ4v) is 2.78. The molecular weight excluding hydrogens is 243 g/mol. The van der Waals surface area contributed by atoms with Gasteiger partial charge in [-0.1, -0.05) is 0 Å². The molecule has 0 radical (unpaired) electrons. The first-order valence-corrected chi connectivity index (χ1v) is 6.37. The lowest BCUT2D eigenvalue weighted by Gasteiger charge is -2.13. The zero-order valence-electron chi connectivity index (χ0n) is 10.3. The molecule has 0 saturated heterocycles. The Balaban J connectivity index is 1.98. The van der Waals surface area contributed by atoms with Gasteiger partial charge in [-0.05, 0) is 18.2 Å². The maximum atomic E-state index is 13.7. The smallest absolute Gasteiger partial charge is 0.147 e. The Morgan fingerprint density at radius 2 is 2.16 bits per heavy atom. The molecule has 4 nitrogen and oxygen atoms in total. The van der Waals surface area contributed by atoms with Crippen molar-refractivity contribution in [2.45, 2.75) is 13.0 Å². The summed E-state index contributed by atoms with van der Waals surface area (Å²) in [6.07, 6.45) is 2.70. The van der Waals surface area contributed by atoms with Crippen molar-refractivity contribution in [2.24, 2.45) is 0 Å². The molecule has 0 spiro atoms. The van der Waals surface area contributed by atoms with Gasteiger partial charge in [0.1, 0.15) is 5.82 Å². The highest BCUT2D eigenvalue weighted by atomic mass is 19.1. The van der Waals surface area contributed by atoms with E-state index >= 15 is 0 Å². The van der Waals surface area contributed by atoms with Gasteiger partial charge in [0.05, 0.1) is 16.9 Å². The summed E-state index contributed by atoms with van der Waals surface area (Å²) in [7, 11) is 0. The van der Waals surface area contributed by atoms with Crippen LogP contribution in [0.3, 0.4) is 0 Å². The molecule has 0 unspecified atom stereocenters. The molecule has 1 aromatic carbocycles. The van der Waals surface area contributed by atoms with Crippen molar-refractivity contribution < 1.29 is 4.39 Å². The fraction of sp³-hybridized carbons (Fsp3) is 0.214. The molecule has 0 saturated carbocycles. The van der Waals surface area contributed by atoms with Crippen molar-refractivity contribution in [1.82, 2.24) is 20.5 Å². The summed E-state index contributed by atoms with van der Waals surface area (Å²) < 4.78 is 13.7. The van der Waals surface area contributed by atoms with E-state index < -0.39 is 0 Å². The van der Waals surface area contributed by atoms with E-state index in [-0.39, 0.29) is 5.82 Å². The molecule has 4 rings (SSSR count). The lowest BCUT2D eigenvalue weighted by atomic mass is 9.99. The molecule has 1 aliphatic heterocycles. The SMILES string of the molecule is Fc1ccc(-c2[nH]nc3c2CNCC3)c2cc[nH]c12. The van der Waals surface area contributed by atoms with Crippen LogP contribution < -0.4 is 5.32 Å². The molecule has 19 heavy (non-hydrogen) atoms. The van der Waals surface area contributed by atoms with Gasteiger partial charge >= 0.3 is 0 Å². The van der Waals surface area contributed by atoms with E-state index in [1.54, 1.807) is 6.20 Å². The summed E-state index contributed by atoms with van der Waals surface area (Å²) in [5, 5.41) is 11.7. The Morgan fingerprint density at radius 3 is 3.11 bits per heavy atom. The molecule has 3 heterocycles. The summed E-state index contributed by atoms with van der Waals surface area (Å²) >= 11 is 0. The minimum Gasteiger partial charge on any atom is -0.359 e. The van der Waals surface area contributed by atoms with Gasteiger partial charge in [-0.2, -0.15) is 5.10 Å². The minimum absolute atomic E-state index is 0.227. The maximum absolute atomic E-state index is 13.7. The highest BCUT2D eigenvalue weighted by Crippen LogP contribution is 2.32. The standard InChI is InChI=1S/C14H13FN4/c15-11-2-1-8(9-3-6-17-14(9)11)13-10-7-16-5-4-12(10)18-19-13/h1-3,6,16-17H,4-5,7H2,(H,18,19). The number of H-pyrrole nitrogens is 2. The first-order valence-electron chi connectivity index (χ1n) is 6.37. The summed E-state index contributed by atoms with van der Waals surface area (Å²) in [6.45, 7) is 1.77. The van der Waals surface area contributed by atoms with Gasteiger partial charge in [-0.3, -0.25) is 5.10 Å². The van der Waals surface area contributed by atoms with Gasteiger partial charge in [0.25, 0.3) is 0 Å². The topological polar surface area (TPSA) is 56.5 Å². The van der Waals surface area contributed by atoms with Crippen molar-refractivity contribution in [1.29, 1.82) is 0 Å². The van der Waals surface area contributed by atoms with Gasteiger partial charge in [0.15, 0.2) is 0 Å². The predicted octanol–water partition coefficient (Wildman–Crippen LogP) is 2.34. The molecule has 0 bridgehead atoms. The molecule has 0 atom stereocenters. The second kappa shape index (κ2) is 3.93. The van der Waals surface area contributed by atoms with Gasteiger partial charge in [-0.25, -0.2) is 4.39 Å². The zero-order chi connectivity index (χ0) is 12.8. The number of hydrogen-bond acceptors (Lipinski definition) is 2. The van der Waals surface area contributed by atoms with E-state index in [2.05, 4.69) is 20.5 Å². The molecule has 96 valence electrons. The average molecular weight is 256 g/mol. The van der Waals surface area contributed by atoms with E-state index in [9.17, 15) is 4.39 Å². The lowest BCUT2D eigenvalue weighted by molar-refractivity contribution is 0.636. The summed E-state index contributed by atoms with van der Waals surface area (Å²) in [5.74, 6) is -0.227. The molecule has 1 aliphatic rings. The number of benzene rings is 1. The van der Waals surface area contributed by atoms with Crippen LogP contribution in [0.1, 0.15) is 11.3 Å². The highest BCUT2D eigenvalue weighted by Gasteiger charge is 2.19. The molecule has 2 aromatic heterocycles. The zero-order valence-corrected chi connectivity index (χ0v) is 10.3. The first kappa shape index (κ1) is 10.8. The third kappa shape index (κ3) is 1.51. The van der Waals surface area contributed by atoms with Crippen LogP contribution in [0.4, 0.5) is 4.39 Å². The van der Waals surface area contributed by atoms with Gasteiger partial charge in [0.2, 0.25) is 0 Å². The quantitative estimate of drug-likeness (QED) is 0.626. The number of halogens is 1. The Morgan fingerprint density at radius 1 is 1.21 bits per heavy atom. The second-order valence-corrected chi connectivity index (χ2v) is 4.81. The molecule has 0 amide bonds. The van der Waals surface area contributed by atoms with Crippen LogP contribution in [0.25, 0.3) is 22.2 Å². The maximum Gasteiger partial charge on any atom is 0.147 e. The normalized spacial score (nSPS) is 14.8. The number of fused-ring (bicyclic) bond motifs is 2. The molecule has 3 N–H and O–H groups in total. The van der Waals surface area contributed by atoms with Crippen molar-refractivity contribution in [3.63, 3.8) is 0 Å². The number of rotatable bonds is 1. The van der Waals surface area contributed by atoms with E-state index in [1.807, 2.05) is 12.1 Å². The number of aromatic nitrogens is 3. The van der Waals surface area contributed by atoms with Crippen LogP contribution in [0.2, 0.25) is 0 Å². The number of hydrogen-bond donors (Lipinski definition) is 3. The van der Waals surface area contributed by atoms with Crippen LogP contribution in [0, 0.1) is 5.82 Å². The number of nitrogens with zero attached hydrogens (tertiary/aromatic N) is 1. The van der Waals surface area contributed by atoms with Crippen LogP contribution >= 0.6 is 0 Å². The number of nitrogens with one attached hydrogen (secondary N) is 3. The van der Waals surface area contributed by atoms with E-state index in [0.29, 0.717) is 5.52 Å². The van der Waals surface area contributed by atoms with E-state index in [4.69, 9.17) is 0 Å². The highest BCUT2D eigenvalue weighted by molar-refractivity contribution is 5.95. The Hall–Kier alpha value is -2.14. The van der Waals surface area contributed by atoms with Crippen molar-refractivity contribution >= 4 is 10.9 Å². The third-order valence-corrected chi connectivity index (χ3v) is 3.73. The third-order valence-electron chi connectivity index (χ3n) is 3.73. The average Bonchev–Trinajstić information content (AvgIpc) is 3.06. The lowest BCUT2D eigenvalue weighted by Crippen LogP contribution is -2.23. The molecular formula is C14H13FN4. The second-order valence-electron chi connectivity index (χ2n) is 4.81. The minimum atomic E-state index is -0.227. The summed E-state index contributed by atoms with van der Waals surface area (Å²) in [4.78, 5) is 2.95. The summed E-state index contributed by atoms with van der Waals surface area (Å²) in [5.41, 5.74) is 4.84. The van der Waals surface area contributed by atoms with Crippen LogP contribution in [-0.4, -0.2) is 21.7 Å². The van der Waals surface area contributed by atoms with Gasteiger partial charge in [0, 0.05) is 42.2 Å². The Kier molecular flexibility index (Phi) is 2.22. The van der Waals surface area contributed by atoms with Crippen LogP contribution in [0.15, 0.2) is 24.4 Å². The van der Waals surface area contributed by atoms with Crippen molar-refractivity contribution in [3.8, 4) is 11.3 Å². The summed E-state index contributed by atoms with van der Waals surface area (Å²) in [6, 6.07) is 5.21. The van der Waals surface area contributed by atoms with Crippen molar-refractivity contribution in [3.05, 3.63) is 41.5 Å². The molecule has 0 aliphatic carbocycles. The van der Waals surface area contributed by atoms with E-state index in [1.165, 1.54) is 11.6 Å². The van der Waals surface area contributed by atoms with E-state index in [0.717, 1.165) is 41.8 Å². The first-order chi connectivity index (χ1) is 9.34. The molecule has 3 aromatic rings. The van der Waals surface area contributed by atoms with Crippen LogP contribution in [-0.2, 0) is 13.0 Å². The van der Waals surface area contributed by atoms with Gasteiger partial charge < -0.3 is 10.3 Å². The van der Waals surface area contributed by atoms with Crippen LogP contribution in [0.5, 0.6) is 0 Å². The monoisotopic (exact) mass is 256 g/mol. The fourth-order valence-electron chi connectivity index (χ4n) is 2.78. The Bertz CT molecular complexity index is 756. The molecule has 0 fully saturated rings. The van der Waals surface area contributed by atoms with Crippen molar-refractivity contribution in [2.75, 3.05) is 6.54 Å². The largest absolute Gasteiger partial charge is 0.359 e.